The maximum atomic E-state index is 13.0. The van der Waals surface area contributed by atoms with Crippen LogP contribution in [0.3, 0.4) is 0 Å². The molecule has 3 amide bonds. The van der Waals surface area contributed by atoms with E-state index < -0.39 is 11.9 Å². The number of benzene rings is 3. The molecule has 0 saturated carbocycles. The highest BCUT2D eigenvalue weighted by molar-refractivity contribution is 8.01. The Labute approximate surface area is 178 Å². The van der Waals surface area contributed by atoms with Crippen molar-refractivity contribution in [2.45, 2.75) is 11.8 Å². The third-order valence-electron chi connectivity index (χ3n) is 4.11. The molecular formula is C22H19ClN2O3S. The van der Waals surface area contributed by atoms with Gasteiger partial charge in [-0.1, -0.05) is 41.9 Å². The number of aryl methyl sites for hydroxylation is 1. The Morgan fingerprint density at radius 2 is 1.62 bits per heavy atom. The minimum atomic E-state index is -0.576. The molecule has 3 rings (SSSR count). The Kier molecular flexibility index (Phi) is 6.80. The average Bonchev–Trinajstić information content (AvgIpc) is 2.73. The van der Waals surface area contributed by atoms with E-state index in [4.69, 9.17) is 16.3 Å². The van der Waals surface area contributed by atoms with Crippen molar-refractivity contribution in [1.82, 2.24) is 5.32 Å². The number of ether oxygens (including phenoxy) is 1. The molecule has 0 aliphatic rings. The second kappa shape index (κ2) is 9.49. The number of amides is 3. The third-order valence-corrected chi connectivity index (χ3v) is 5.66. The van der Waals surface area contributed by atoms with Crippen molar-refractivity contribution < 1.29 is 14.3 Å². The van der Waals surface area contributed by atoms with Crippen LogP contribution in [0, 0.1) is 6.92 Å². The fourth-order valence-corrected chi connectivity index (χ4v) is 3.67. The fourth-order valence-electron chi connectivity index (χ4n) is 2.55. The van der Waals surface area contributed by atoms with E-state index >= 15 is 0 Å². The predicted molar refractivity (Wildman–Crippen MR) is 117 cm³/mol. The molecule has 0 spiro atoms. The SMILES string of the molecule is COc1ccc(N(Sc2ccccc2C)C(=O)NC(=O)c2ccccc2Cl)cc1. The smallest absolute Gasteiger partial charge is 0.339 e. The third kappa shape index (κ3) is 5.10. The molecule has 0 aromatic heterocycles. The molecule has 0 aliphatic heterocycles. The normalized spacial score (nSPS) is 10.3. The molecule has 0 fully saturated rings. The molecule has 0 bridgehead atoms. The first-order valence-corrected chi connectivity index (χ1v) is 9.92. The second-order valence-corrected chi connectivity index (χ2v) is 7.48. The lowest BCUT2D eigenvalue weighted by atomic mass is 10.2. The number of halogens is 1. The molecule has 5 nitrogen and oxygen atoms in total. The number of anilines is 1. The van der Waals surface area contributed by atoms with Crippen molar-refractivity contribution in [3.05, 3.63) is 88.9 Å². The van der Waals surface area contributed by atoms with E-state index in [9.17, 15) is 9.59 Å². The van der Waals surface area contributed by atoms with Crippen molar-refractivity contribution in [2.75, 3.05) is 11.4 Å². The first-order chi connectivity index (χ1) is 14.0. The molecule has 3 aromatic carbocycles. The number of rotatable bonds is 5. The Hall–Kier alpha value is -2.96. The molecule has 0 atom stereocenters. The molecule has 1 N–H and O–H groups in total. The maximum absolute atomic E-state index is 13.0. The summed E-state index contributed by atoms with van der Waals surface area (Å²) in [4.78, 5) is 26.5. The number of hydrogen-bond donors (Lipinski definition) is 1. The molecule has 7 heteroatoms. The standard InChI is InChI=1S/C22H19ClN2O3S/c1-15-7-3-6-10-20(15)29-25(16-11-13-17(28-2)14-12-16)22(27)24-21(26)18-8-4-5-9-19(18)23/h3-14H,1-2H3,(H,24,26,27). The highest BCUT2D eigenvalue weighted by atomic mass is 35.5. The Morgan fingerprint density at radius 1 is 0.966 bits per heavy atom. The molecule has 0 aliphatic carbocycles. The zero-order chi connectivity index (χ0) is 20.8. The summed E-state index contributed by atoms with van der Waals surface area (Å²) < 4.78 is 6.61. The number of nitrogens with zero attached hydrogens (tertiary/aromatic N) is 1. The molecule has 29 heavy (non-hydrogen) atoms. The summed E-state index contributed by atoms with van der Waals surface area (Å²) in [6.45, 7) is 1.96. The Morgan fingerprint density at radius 3 is 2.28 bits per heavy atom. The quantitative estimate of drug-likeness (QED) is 0.530. The van der Waals surface area contributed by atoms with Crippen LogP contribution in [0.2, 0.25) is 5.02 Å². The number of carbonyl (C=O) groups excluding carboxylic acids is 2. The van der Waals surface area contributed by atoms with Crippen LogP contribution in [0.4, 0.5) is 10.5 Å². The number of nitrogens with one attached hydrogen (secondary N) is 1. The van der Waals surface area contributed by atoms with Crippen molar-refractivity contribution in [2.24, 2.45) is 0 Å². The summed E-state index contributed by atoms with van der Waals surface area (Å²) in [6, 6.07) is 20.7. The van der Waals surface area contributed by atoms with Gasteiger partial charge in [-0.2, -0.15) is 0 Å². The minimum absolute atomic E-state index is 0.234. The van der Waals surface area contributed by atoms with Gasteiger partial charge < -0.3 is 4.74 Å². The minimum Gasteiger partial charge on any atom is -0.497 e. The lowest BCUT2D eigenvalue weighted by molar-refractivity contribution is 0.0966. The van der Waals surface area contributed by atoms with Crippen molar-refractivity contribution in [3.8, 4) is 5.75 Å². The molecule has 3 aromatic rings. The summed E-state index contributed by atoms with van der Waals surface area (Å²) in [7, 11) is 1.57. The van der Waals surface area contributed by atoms with E-state index in [1.165, 1.54) is 16.3 Å². The highest BCUT2D eigenvalue weighted by Gasteiger charge is 2.22. The molecular weight excluding hydrogens is 408 g/mol. The van der Waals surface area contributed by atoms with Crippen LogP contribution < -0.4 is 14.4 Å². The second-order valence-electron chi connectivity index (χ2n) is 6.09. The van der Waals surface area contributed by atoms with Crippen LogP contribution >= 0.6 is 23.5 Å². The van der Waals surface area contributed by atoms with Crippen molar-refractivity contribution in [3.63, 3.8) is 0 Å². The van der Waals surface area contributed by atoms with Gasteiger partial charge in [0.05, 0.1) is 23.4 Å². The van der Waals surface area contributed by atoms with Gasteiger partial charge in [-0.15, -0.1) is 0 Å². The maximum Gasteiger partial charge on any atom is 0.339 e. The lowest BCUT2D eigenvalue weighted by Crippen LogP contribution is -2.39. The summed E-state index contributed by atoms with van der Waals surface area (Å²) in [5.74, 6) is 0.103. The molecule has 148 valence electrons. The van der Waals surface area contributed by atoms with E-state index in [0.29, 0.717) is 11.4 Å². The summed E-state index contributed by atoms with van der Waals surface area (Å²) in [5, 5.41) is 2.69. The topological polar surface area (TPSA) is 58.6 Å². The van der Waals surface area contributed by atoms with Crippen LogP contribution in [0.1, 0.15) is 15.9 Å². The monoisotopic (exact) mass is 426 g/mol. The van der Waals surface area contributed by atoms with Gasteiger partial charge in [0.25, 0.3) is 5.91 Å². The highest BCUT2D eigenvalue weighted by Crippen LogP contribution is 2.32. The Bertz CT molecular complexity index is 1020. The molecule has 0 heterocycles. The number of methoxy groups -OCH3 is 1. The van der Waals surface area contributed by atoms with Gasteiger partial charge in [0.2, 0.25) is 0 Å². The van der Waals surface area contributed by atoms with E-state index in [1.807, 2.05) is 31.2 Å². The van der Waals surface area contributed by atoms with Crippen molar-refractivity contribution >= 4 is 41.2 Å². The van der Waals surface area contributed by atoms with Crippen LogP contribution in [0.15, 0.2) is 77.7 Å². The van der Waals surface area contributed by atoms with Crippen LogP contribution in [0.5, 0.6) is 5.75 Å². The van der Waals surface area contributed by atoms with Crippen LogP contribution in [-0.4, -0.2) is 19.0 Å². The van der Waals surface area contributed by atoms with Gasteiger partial charge in [-0.05, 0) is 66.9 Å². The molecule has 0 saturated heterocycles. The average molecular weight is 427 g/mol. The summed E-state index contributed by atoms with van der Waals surface area (Å²) >= 11 is 7.30. The fraction of sp³-hybridized carbons (Fsp3) is 0.0909. The predicted octanol–water partition coefficient (Wildman–Crippen LogP) is 5.72. The summed E-state index contributed by atoms with van der Waals surface area (Å²) in [5.41, 5.74) is 1.85. The van der Waals surface area contributed by atoms with Gasteiger partial charge in [-0.25, -0.2) is 9.10 Å². The van der Waals surface area contributed by atoms with Gasteiger partial charge in [-0.3, -0.25) is 10.1 Å². The zero-order valence-corrected chi connectivity index (χ0v) is 17.5. The van der Waals surface area contributed by atoms with Gasteiger partial charge in [0, 0.05) is 4.90 Å². The van der Waals surface area contributed by atoms with Crippen LogP contribution in [-0.2, 0) is 0 Å². The van der Waals surface area contributed by atoms with E-state index in [0.717, 1.165) is 10.5 Å². The number of urea groups is 1. The van der Waals surface area contributed by atoms with Crippen molar-refractivity contribution in [1.29, 1.82) is 0 Å². The van der Waals surface area contributed by atoms with E-state index in [-0.39, 0.29) is 10.6 Å². The lowest BCUT2D eigenvalue weighted by Gasteiger charge is -2.22. The zero-order valence-electron chi connectivity index (χ0n) is 15.9. The number of carbonyl (C=O) groups is 2. The largest absolute Gasteiger partial charge is 0.497 e. The molecule has 0 unspecified atom stereocenters. The van der Waals surface area contributed by atoms with Crippen LogP contribution in [0.25, 0.3) is 0 Å². The van der Waals surface area contributed by atoms with E-state index in [1.54, 1.807) is 55.6 Å². The number of imide groups is 1. The Balaban J connectivity index is 1.89. The van der Waals surface area contributed by atoms with Gasteiger partial charge >= 0.3 is 6.03 Å². The molecule has 0 radical (unpaired) electrons. The van der Waals surface area contributed by atoms with E-state index in [2.05, 4.69) is 5.32 Å². The van der Waals surface area contributed by atoms with Gasteiger partial charge in [0.1, 0.15) is 5.75 Å². The first kappa shape index (κ1) is 20.8. The first-order valence-electron chi connectivity index (χ1n) is 8.77. The summed E-state index contributed by atoms with van der Waals surface area (Å²) in [6.07, 6.45) is 0. The van der Waals surface area contributed by atoms with Gasteiger partial charge in [0.15, 0.2) is 0 Å². The number of hydrogen-bond acceptors (Lipinski definition) is 4.